The minimum Gasteiger partial charge on any atom is -0.310 e. The van der Waals surface area contributed by atoms with Crippen molar-refractivity contribution in [2.24, 2.45) is 0 Å². The summed E-state index contributed by atoms with van der Waals surface area (Å²) in [5.41, 5.74) is 5.83. The number of benzene rings is 9. The van der Waals surface area contributed by atoms with E-state index in [0.717, 1.165) is 17.1 Å². The van der Waals surface area contributed by atoms with Gasteiger partial charge in [-0.3, -0.25) is 0 Å². The van der Waals surface area contributed by atoms with Gasteiger partial charge in [0.05, 0.1) is 5.69 Å². The number of hydrogen-bond donors (Lipinski definition) is 0. The molecule has 0 saturated carbocycles. The molecule has 0 fully saturated rings. The number of para-hydroxylation sites is 1. The van der Waals surface area contributed by atoms with E-state index in [1.165, 1.54) is 74.4 Å². The molecule has 10 aromatic rings. The predicted molar refractivity (Wildman–Crippen MR) is 209 cm³/mol. The maximum atomic E-state index is 2.44. The lowest BCUT2D eigenvalue weighted by Gasteiger charge is -2.28. The van der Waals surface area contributed by atoms with E-state index in [2.05, 4.69) is 181 Å². The maximum absolute atomic E-state index is 2.44. The van der Waals surface area contributed by atoms with Crippen molar-refractivity contribution in [1.82, 2.24) is 0 Å². The first kappa shape index (κ1) is 27.2. The first-order valence-corrected chi connectivity index (χ1v) is 17.2. The van der Waals surface area contributed by atoms with Crippen LogP contribution >= 0.6 is 11.3 Å². The molecule has 0 amide bonds. The first-order valence-electron chi connectivity index (χ1n) is 16.4. The first-order chi connectivity index (χ1) is 23.8. The van der Waals surface area contributed by atoms with E-state index in [1.807, 2.05) is 11.3 Å². The zero-order valence-corrected chi connectivity index (χ0v) is 26.9. The average Bonchev–Trinajstić information content (AvgIpc) is 3.50. The van der Waals surface area contributed by atoms with Crippen molar-refractivity contribution in [3.05, 3.63) is 176 Å². The van der Waals surface area contributed by atoms with Gasteiger partial charge in [-0.05, 0) is 97.2 Å². The van der Waals surface area contributed by atoms with Crippen LogP contribution in [0.2, 0.25) is 0 Å². The normalized spacial score (nSPS) is 11.8. The van der Waals surface area contributed by atoms with E-state index >= 15 is 0 Å². The fraction of sp³-hybridized carbons (Fsp3) is 0. The van der Waals surface area contributed by atoms with Gasteiger partial charge in [-0.1, -0.05) is 127 Å². The van der Waals surface area contributed by atoms with Crippen molar-refractivity contribution >= 4 is 91.7 Å². The van der Waals surface area contributed by atoms with Gasteiger partial charge < -0.3 is 4.90 Å². The number of fused-ring (bicyclic) bond motifs is 9. The molecule has 48 heavy (non-hydrogen) atoms. The van der Waals surface area contributed by atoms with Gasteiger partial charge >= 0.3 is 0 Å². The lowest BCUT2D eigenvalue weighted by molar-refractivity contribution is 1.30. The molecule has 0 bridgehead atoms. The molecule has 0 aliphatic rings. The van der Waals surface area contributed by atoms with Crippen LogP contribution in [0.25, 0.3) is 74.4 Å². The average molecular weight is 628 g/mol. The van der Waals surface area contributed by atoms with E-state index in [1.54, 1.807) is 0 Å². The van der Waals surface area contributed by atoms with Gasteiger partial charge in [-0.15, -0.1) is 11.3 Å². The fourth-order valence-corrected chi connectivity index (χ4v) is 8.63. The van der Waals surface area contributed by atoms with Gasteiger partial charge in [-0.2, -0.15) is 0 Å². The number of rotatable bonds is 4. The number of thiophene rings is 1. The van der Waals surface area contributed by atoms with Crippen LogP contribution in [0.4, 0.5) is 17.1 Å². The van der Waals surface area contributed by atoms with Crippen LogP contribution in [0.1, 0.15) is 0 Å². The monoisotopic (exact) mass is 627 g/mol. The fourth-order valence-electron chi connectivity index (χ4n) is 7.51. The number of anilines is 3. The molecule has 1 heterocycles. The van der Waals surface area contributed by atoms with Crippen LogP contribution in [0.3, 0.4) is 0 Å². The van der Waals surface area contributed by atoms with Crippen molar-refractivity contribution in [3.8, 4) is 11.1 Å². The molecule has 10 rings (SSSR count). The molecule has 1 nitrogen and oxygen atoms in total. The zero-order chi connectivity index (χ0) is 31.6. The van der Waals surface area contributed by atoms with E-state index < -0.39 is 0 Å². The summed E-state index contributed by atoms with van der Waals surface area (Å²) >= 11 is 1.87. The molecule has 9 aromatic carbocycles. The highest BCUT2D eigenvalue weighted by Gasteiger charge is 2.19. The summed E-state index contributed by atoms with van der Waals surface area (Å²) in [6, 6.07) is 64.6. The SMILES string of the molecule is c1ccc(-c2ccccc2N(c2ccc3c(ccc4ccc5ccccc5c43)c2)c2ccc3sc4cc5ccccc5cc4c3c2)cc1. The summed E-state index contributed by atoms with van der Waals surface area (Å²) in [6.45, 7) is 0. The third kappa shape index (κ3) is 4.31. The Morgan fingerprint density at radius 3 is 1.85 bits per heavy atom. The Morgan fingerprint density at radius 2 is 0.979 bits per heavy atom. The Hall–Kier alpha value is -5.96. The van der Waals surface area contributed by atoms with Gasteiger partial charge in [-0.25, -0.2) is 0 Å². The van der Waals surface area contributed by atoms with Crippen LogP contribution in [-0.2, 0) is 0 Å². The largest absolute Gasteiger partial charge is 0.310 e. The molecule has 0 saturated heterocycles. The molecule has 0 unspecified atom stereocenters. The van der Waals surface area contributed by atoms with Crippen LogP contribution in [0.15, 0.2) is 176 Å². The van der Waals surface area contributed by atoms with Gasteiger partial charge in [0.2, 0.25) is 0 Å². The molecule has 0 spiro atoms. The maximum Gasteiger partial charge on any atom is 0.0540 e. The molecule has 0 atom stereocenters. The Kier molecular flexibility index (Phi) is 6.12. The molecular formula is C46H29NS. The van der Waals surface area contributed by atoms with Gasteiger partial charge in [0.15, 0.2) is 0 Å². The molecule has 0 N–H and O–H groups in total. The highest BCUT2D eigenvalue weighted by atomic mass is 32.1. The van der Waals surface area contributed by atoms with Crippen LogP contribution < -0.4 is 4.90 Å². The summed E-state index contributed by atoms with van der Waals surface area (Å²) in [4.78, 5) is 2.44. The van der Waals surface area contributed by atoms with Gasteiger partial charge in [0.1, 0.15) is 0 Å². The van der Waals surface area contributed by atoms with Crippen LogP contribution in [0, 0.1) is 0 Å². The second-order valence-electron chi connectivity index (χ2n) is 12.6. The summed E-state index contributed by atoms with van der Waals surface area (Å²) in [5.74, 6) is 0. The highest BCUT2D eigenvalue weighted by Crippen LogP contribution is 2.45. The summed E-state index contributed by atoms with van der Waals surface area (Å²) in [5, 5.41) is 12.8. The van der Waals surface area contributed by atoms with E-state index in [-0.39, 0.29) is 0 Å². The Balaban J connectivity index is 1.23. The molecule has 224 valence electrons. The predicted octanol–water partition coefficient (Wildman–Crippen LogP) is 13.8. The van der Waals surface area contributed by atoms with Crippen molar-refractivity contribution in [3.63, 3.8) is 0 Å². The number of hydrogen-bond acceptors (Lipinski definition) is 2. The molecule has 0 aliphatic carbocycles. The molecular weight excluding hydrogens is 599 g/mol. The van der Waals surface area contributed by atoms with Crippen molar-refractivity contribution in [1.29, 1.82) is 0 Å². The van der Waals surface area contributed by atoms with Gasteiger partial charge in [0, 0.05) is 37.1 Å². The van der Waals surface area contributed by atoms with E-state index in [4.69, 9.17) is 0 Å². The Labute approximate surface area is 282 Å². The zero-order valence-electron chi connectivity index (χ0n) is 26.1. The number of nitrogens with zero attached hydrogens (tertiary/aromatic N) is 1. The van der Waals surface area contributed by atoms with Crippen molar-refractivity contribution in [2.45, 2.75) is 0 Å². The Bertz CT molecular complexity index is 2850. The van der Waals surface area contributed by atoms with Crippen molar-refractivity contribution < 1.29 is 0 Å². The summed E-state index contributed by atoms with van der Waals surface area (Å²) in [7, 11) is 0. The van der Waals surface area contributed by atoms with E-state index in [0.29, 0.717) is 0 Å². The molecule has 2 heteroatoms. The van der Waals surface area contributed by atoms with Crippen LogP contribution in [-0.4, -0.2) is 0 Å². The van der Waals surface area contributed by atoms with E-state index in [9.17, 15) is 0 Å². The minimum absolute atomic E-state index is 1.13. The lowest BCUT2D eigenvalue weighted by atomic mass is 9.96. The summed E-state index contributed by atoms with van der Waals surface area (Å²) < 4.78 is 2.62. The van der Waals surface area contributed by atoms with Gasteiger partial charge in [0.25, 0.3) is 0 Å². The second-order valence-corrected chi connectivity index (χ2v) is 13.6. The second kappa shape index (κ2) is 10.8. The Morgan fingerprint density at radius 1 is 0.354 bits per heavy atom. The third-order valence-electron chi connectivity index (χ3n) is 9.78. The topological polar surface area (TPSA) is 3.24 Å². The smallest absolute Gasteiger partial charge is 0.0540 e. The minimum atomic E-state index is 1.13. The summed E-state index contributed by atoms with van der Waals surface area (Å²) in [6.07, 6.45) is 0. The molecule has 0 aliphatic heterocycles. The van der Waals surface area contributed by atoms with Crippen LogP contribution in [0.5, 0.6) is 0 Å². The molecule has 0 radical (unpaired) electrons. The third-order valence-corrected chi connectivity index (χ3v) is 10.9. The quantitative estimate of drug-likeness (QED) is 0.176. The standard InChI is InChI=1S/C46H29NS/c1-2-10-30(11-3-1)38-15-8-9-17-43(38)47(37-23-25-44-42(29-37)41-27-33-13-4-5-14-34(33)28-45(41)48-44)36-22-24-40-35(26-36)21-20-32-19-18-31-12-6-7-16-39(31)46(32)40/h1-29H. The lowest BCUT2D eigenvalue weighted by Crippen LogP contribution is -2.11. The molecule has 1 aromatic heterocycles. The highest BCUT2D eigenvalue weighted by molar-refractivity contribution is 7.25. The van der Waals surface area contributed by atoms with Crippen molar-refractivity contribution in [2.75, 3.05) is 4.90 Å².